The number of hydrogen-bond donors (Lipinski definition) is 0. The summed E-state index contributed by atoms with van der Waals surface area (Å²) in [7, 11) is 2.08. The minimum Gasteiger partial charge on any atom is -1.00 e. The van der Waals surface area contributed by atoms with E-state index in [1.807, 2.05) is 11.8 Å². The van der Waals surface area contributed by atoms with Crippen LogP contribution in [-0.4, -0.2) is 10.8 Å². The summed E-state index contributed by atoms with van der Waals surface area (Å²) < 4.78 is 4.42. The van der Waals surface area contributed by atoms with Gasteiger partial charge in [0.2, 0.25) is 6.33 Å². The molecule has 0 bridgehead atoms. The topological polar surface area (TPSA) is 8.81 Å². The van der Waals surface area contributed by atoms with Crippen molar-refractivity contribution in [3.63, 3.8) is 0 Å². The van der Waals surface area contributed by atoms with Crippen LogP contribution >= 0.6 is 11.8 Å². The van der Waals surface area contributed by atoms with E-state index in [1.165, 1.54) is 11.0 Å². The highest BCUT2D eigenvalue weighted by molar-refractivity contribution is 7.97. The van der Waals surface area contributed by atoms with E-state index in [0.717, 1.165) is 5.88 Å². The summed E-state index contributed by atoms with van der Waals surface area (Å²) in [5.41, 5.74) is 2.59. The fourth-order valence-electron chi connectivity index (χ4n) is 1.58. The van der Waals surface area contributed by atoms with Crippen molar-refractivity contribution in [1.82, 2.24) is 4.57 Å². The van der Waals surface area contributed by atoms with Crippen molar-refractivity contribution in [3.8, 4) is 0 Å². The number of aryl methyl sites for hydroxylation is 1. The van der Waals surface area contributed by atoms with Gasteiger partial charge in [0, 0.05) is 0 Å². The molecule has 0 radical (unpaired) electrons. The number of rotatable bonds is 2. The lowest BCUT2D eigenvalue weighted by molar-refractivity contribution is -0.645. The molecule has 4 heteroatoms. The largest absolute Gasteiger partial charge is 1.00 e. The zero-order chi connectivity index (χ0) is 9.26. The quantitative estimate of drug-likeness (QED) is 0.498. The van der Waals surface area contributed by atoms with Gasteiger partial charge in [-0.2, -0.15) is 0 Å². The van der Waals surface area contributed by atoms with E-state index in [9.17, 15) is 0 Å². The van der Waals surface area contributed by atoms with Crippen LogP contribution in [0, 0.1) is 0 Å². The van der Waals surface area contributed by atoms with E-state index in [4.69, 9.17) is 0 Å². The second-order valence-electron chi connectivity index (χ2n) is 3.10. The number of aromatic nitrogens is 2. The highest BCUT2D eigenvalue weighted by Crippen LogP contribution is 2.12. The molecular weight excluding hydrogens is 307 g/mol. The third-order valence-corrected chi connectivity index (χ3v) is 2.69. The Bertz CT molecular complexity index is 425. The molecular formula is C10H13IN2S. The molecule has 0 N–H and O–H groups in total. The standard InChI is InChI=1S/C10H13N2S.HI/c1-11-7-12(8-13-2)10-6-4-3-5-9(10)11;/h3-7H,8H2,1-2H3;1H/q+1;/p-1. The van der Waals surface area contributed by atoms with Crippen LogP contribution in [0.2, 0.25) is 0 Å². The first-order valence-corrected chi connectivity index (χ1v) is 5.65. The number of fused-ring (bicyclic) bond motifs is 1. The van der Waals surface area contributed by atoms with Gasteiger partial charge in [-0.25, -0.2) is 9.13 Å². The molecule has 2 aromatic rings. The predicted molar refractivity (Wildman–Crippen MR) is 56.6 cm³/mol. The summed E-state index contributed by atoms with van der Waals surface area (Å²) in [5, 5.41) is 0. The lowest BCUT2D eigenvalue weighted by atomic mass is 10.3. The molecule has 0 unspecified atom stereocenters. The van der Waals surface area contributed by atoms with Crippen LogP contribution in [-0.2, 0) is 12.9 Å². The molecule has 2 rings (SSSR count). The highest BCUT2D eigenvalue weighted by atomic mass is 127. The minimum absolute atomic E-state index is 0. The van der Waals surface area contributed by atoms with Crippen LogP contribution < -0.4 is 28.5 Å². The number of thioether (sulfide) groups is 1. The molecule has 14 heavy (non-hydrogen) atoms. The maximum Gasteiger partial charge on any atom is 0.245 e. The van der Waals surface area contributed by atoms with E-state index in [1.54, 1.807) is 0 Å². The van der Waals surface area contributed by atoms with Crippen molar-refractivity contribution < 1.29 is 28.5 Å². The minimum atomic E-state index is 0. The number of hydrogen-bond acceptors (Lipinski definition) is 1. The first kappa shape index (κ1) is 11.8. The Kier molecular flexibility index (Phi) is 4.25. The SMILES string of the molecule is CSCn1c[n+](C)c2ccccc21.[I-]. The molecule has 0 fully saturated rings. The Balaban J connectivity index is 0.000000980. The summed E-state index contributed by atoms with van der Waals surface area (Å²) >= 11 is 1.83. The van der Waals surface area contributed by atoms with E-state index in [-0.39, 0.29) is 24.0 Å². The summed E-state index contributed by atoms with van der Waals surface area (Å²) in [4.78, 5) is 0. The van der Waals surface area contributed by atoms with Crippen LogP contribution in [0.25, 0.3) is 11.0 Å². The van der Waals surface area contributed by atoms with E-state index in [0.29, 0.717) is 0 Å². The van der Waals surface area contributed by atoms with Crippen LogP contribution in [0.3, 0.4) is 0 Å². The van der Waals surface area contributed by atoms with Gasteiger partial charge in [-0.05, 0) is 18.4 Å². The Morgan fingerprint density at radius 3 is 2.79 bits per heavy atom. The smallest absolute Gasteiger partial charge is 0.245 e. The average Bonchev–Trinajstić information content (AvgIpc) is 2.46. The van der Waals surface area contributed by atoms with Gasteiger partial charge in [0.1, 0.15) is 5.88 Å². The third-order valence-electron chi connectivity index (χ3n) is 2.15. The van der Waals surface area contributed by atoms with Crippen molar-refractivity contribution in [2.45, 2.75) is 5.88 Å². The van der Waals surface area contributed by atoms with Crippen molar-refractivity contribution in [1.29, 1.82) is 0 Å². The summed E-state index contributed by atoms with van der Waals surface area (Å²) in [6.45, 7) is 0. The second kappa shape index (κ2) is 5.02. The molecule has 0 atom stereocenters. The molecule has 0 spiro atoms. The van der Waals surface area contributed by atoms with Crippen molar-refractivity contribution in [2.24, 2.45) is 7.05 Å². The summed E-state index contributed by atoms with van der Waals surface area (Å²) in [6, 6.07) is 8.46. The fraction of sp³-hybridized carbons (Fsp3) is 0.300. The maximum absolute atomic E-state index is 2.26. The van der Waals surface area contributed by atoms with Gasteiger partial charge < -0.3 is 24.0 Å². The highest BCUT2D eigenvalue weighted by Gasteiger charge is 2.10. The van der Waals surface area contributed by atoms with Gasteiger partial charge >= 0.3 is 0 Å². The first-order chi connectivity index (χ1) is 6.33. The van der Waals surface area contributed by atoms with E-state index < -0.39 is 0 Å². The molecule has 0 aliphatic heterocycles. The summed E-state index contributed by atoms with van der Waals surface area (Å²) in [6.07, 6.45) is 4.26. The molecule has 2 nitrogen and oxygen atoms in total. The Hall–Kier alpha value is -0.230. The van der Waals surface area contributed by atoms with Gasteiger partial charge in [0.15, 0.2) is 11.0 Å². The Morgan fingerprint density at radius 1 is 1.36 bits per heavy atom. The summed E-state index contributed by atoms with van der Waals surface area (Å²) in [5.74, 6) is 1.02. The zero-order valence-corrected chi connectivity index (χ0v) is 11.2. The van der Waals surface area contributed by atoms with Crippen LogP contribution in [0.4, 0.5) is 0 Å². The molecule has 0 saturated heterocycles. The predicted octanol–water partition coefficient (Wildman–Crippen LogP) is -1.21. The molecule has 1 aromatic heterocycles. The molecule has 1 heterocycles. The third kappa shape index (κ3) is 2.06. The molecule has 76 valence electrons. The number of benzene rings is 1. The van der Waals surface area contributed by atoms with Crippen LogP contribution in [0.1, 0.15) is 0 Å². The van der Waals surface area contributed by atoms with Gasteiger partial charge in [-0.3, -0.25) is 0 Å². The van der Waals surface area contributed by atoms with Crippen molar-refractivity contribution in [3.05, 3.63) is 30.6 Å². The van der Waals surface area contributed by atoms with E-state index in [2.05, 4.69) is 53.0 Å². The normalized spacial score (nSPS) is 10.1. The second-order valence-corrected chi connectivity index (χ2v) is 3.94. The van der Waals surface area contributed by atoms with Crippen molar-refractivity contribution in [2.75, 3.05) is 6.26 Å². The van der Waals surface area contributed by atoms with Crippen LogP contribution in [0.15, 0.2) is 30.6 Å². The number of nitrogens with zero attached hydrogens (tertiary/aromatic N) is 2. The van der Waals surface area contributed by atoms with Gasteiger partial charge in [0.05, 0.1) is 7.05 Å². The number of halogens is 1. The van der Waals surface area contributed by atoms with Crippen molar-refractivity contribution >= 4 is 22.8 Å². The molecule has 0 saturated carbocycles. The molecule has 0 amide bonds. The fourth-order valence-corrected chi connectivity index (χ4v) is 2.06. The zero-order valence-electron chi connectivity index (χ0n) is 8.27. The Labute approximate surface area is 105 Å². The Morgan fingerprint density at radius 2 is 2.07 bits per heavy atom. The molecule has 1 aromatic carbocycles. The lowest BCUT2D eigenvalue weighted by Gasteiger charge is -1.91. The molecule has 0 aliphatic carbocycles. The van der Waals surface area contributed by atoms with E-state index >= 15 is 0 Å². The molecule has 0 aliphatic rings. The average molecular weight is 320 g/mol. The van der Waals surface area contributed by atoms with Gasteiger partial charge in [0.25, 0.3) is 0 Å². The van der Waals surface area contributed by atoms with Gasteiger partial charge in [-0.1, -0.05) is 12.1 Å². The number of para-hydroxylation sites is 2. The van der Waals surface area contributed by atoms with Gasteiger partial charge in [-0.15, -0.1) is 11.8 Å². The lowest BCUT2D eigenvalue weighted by Crippen LogP contribution is -3.00. The monoisotopic (exact) mass is 320 g/mol. The maximum atomic E-state index is 2.26. The number of imidazole rings is 1. The van der Waals surface area contributed by atoms with Crippen LogP contribution in [0.5, 0.6) is 0 Å². The first-order valence-electron chi connectivity index (χ1n) is 4.25.